The zero-order valence-corrected chi connectivity index (χ0v) is 14.3. The van der Waals surface area contributed by atoms with Crippen LogP contribution in [0.4, 0.5) is 0 Å². The van der Waals surface area contributed by atoms with Gasteiger partial charge in [0.25, 0.3) is 0 Å². The van der Waals surface area contributed by atoms with Crippen LogP contribution in [0.25, 0.3) is 0 Å². The van der Waals surface area contributed by atoms with Gasteiger partial charge >= 0.3 is 0 Å². The van der Waals surface area contributed by atoms with Gasteiger partial charge in [-0.2, -0.15) is 0 Å². The predicted molar refractivity (Wildman–Crippen MR) is 94.0 cm³/mol. The van der Waals surface area contributed by atoms with Gasteiger partial charge in [-0.05, 0) is 50.7 Å². The molecule has 2 aliphatic carbocycles. The summed E-state index contributed by atoms with van der Waals surface area (Å²) in [6.07, 6.45) is 9.66. The fraction of sp³-hybridized carbons (Fsp3) is 0.700. The van der Waals surface area contributed by atoms with Crippen molar-refractivity contribution < 1.29 is 4.74 Å². The Labute approximate surface area is 140 Å². The highest BCUT2D eigenvalue weighted by atomic mass is 16.5. The molecule has 126 valence electrons. The van der Waals surface area contributed by atoms with Gasteiger partial charge in [-0.15, -0.1) is 0 Å². The average molecular weight is 314 g/mol. The molecule has 0 bridgehead atoms. The van der Waals surface area contributed by atoms with Crippen LogP contribution in [0, 0.1) is 6.92 Å². The number of benzene rings is 1. The molecule has 0 aromatic heterocycles. The number of rotatable bonds is 3. The molecule has 4 rings (SSSR count). The van der Waals surface area contributed by atoms with Gasteiger partial charge in [0, 0.05) is 31.2 Å². The Morgan fingerprint density at radius 2 is 1.83 bits per heavy atom. The summed E-state index contributed by atoms with van der Waals surface area (Å²) in [5.41, 5.74) is 1.26. The second-order valence-electron chi connectivity index (χ2n) is 7.57. The van der Waals surface area contributed by atoms with E-state index in [-0.39, 0.29) is 0 Å². The largest absolute Gasteiger partial charge is 0.489 e. The highest BCUT2D eigenvalue weighted by molar-refractivity contribution is 5.32. The Hall–Kier alpha value is -1.06. The highest BCUT2D eigenvalue weighted by Crippen LogP contribution is 2.34. The van der Waals surface area contributed by atoms with Crippen molar-refractivity contribution in [1.82, 2.24) is 10.2 Å². The molecule has 1 heterocycles. The standard InChI is InChI=1S/C20H30N2O/c1-15-7-2-4-11-19(15)23-20-12-5-3-9-18(20)22-14-13-21-16-8-6-10-17(16)22/h2,4,7,11,16-18,20-21H,3,5-6,8-10,12-14H2,1H3/t16-,17+,18-,20-/m1/s1. The number of aryl methyl sites for hydroxylation is 1. The first-order valence-electron chi connectivity index (χ1n) is 9.54. The first-order valence-corrected chi connectivity index (χ1v) is 9.54. The fourth-order valence-corrected chi connectivity index (χ4v) is 4.98. The third-order valence-electron chi connectivity index (χ3n) is 6.15. The summed E-state index contributed by atoms with van der Waals surface area (Å²) in [6.45, 7) is 4.50. The second-order valence-corrected chi connectivity index (χ2v) is 7.57. The highest BCUT2D eigenvalue weighted by Gasteiger charge is 2.41. The molecule has 0 spiro atoms. The fourth-order valence-electron chi connectivity index (χ4n) is 4.98. The molecule has 1 aromatic rings. The molecule has 0 radical (unpaired) electrons. The lowest BCUT2D eigenvalue weighted by atomic mass is 9.88. The molecule has 0 amide bonds. The molecule has 3 heteroatoms. The van der Waals surface area contributed by atoms with Crippen LogP contribution in [0.2, 0.25) is 0 Å². The Morgan fingerprint density at radius 1 is 1.00 bits per heavy atom. The van der Waals surface area contributed by atoms with E-state index in [1.165, 1.54) is 57.1 Å². The third-order valence-corrected chi connectivity index (χ3v) is 6.15. The summed E-state index contributed by atoms with van der Waals surface area (Å²) < 4.78 is 6.54. The zero-order valence-electron chi connectivity index (χ0n) is 14.3. The summed E-state index contributed by atoms with van der Waals surface area (Å²) in [4.78, 5) is 2.82. The third kappa shape index (κ3) is 3.14. The Bertz CT molecular complexity index is 532. The molecule has 1 aliphatic heterocycles. The SMILES string of the molecule is Cc1ccccc1O[C@@H]1CCCC[C@H]1N1CCN[C@@H]2CCC[C@@H]21. The maximum Gasteiger partial charge on any atom is 0.122 e. The molecule has 23 heavy (non-hydrogen) atoms. The Morgan fingerprint density at radius 3 is 2.74 bits per heavy atom. The van der Waals surface area contributed by atoms with Crippen LogP contribution in [-0.4, -0.2) is 42.2 Å². The van der Waals surface area contributed by atoms with Gasteiger partial charge in [0.2, 0.25) is 0 Å². The van der Waals surface area contributed by atoms with Crippen molar-refractivity contribution in [1.29, 1.82) is 0 Å². The maximum atomic E-state index is 6.54. The monoisotopic (exact) mass is 314 g/mol. The lowest BCUT2D eigenvalue weighted by molar-refractivity contribution is -0.00517. The summed E-state index contributed by atoms with van der Waals surface area (Å²) >= 11 is 0. The molecule has 3 aliphatic rings. The number of fused-ring (bicyclic) bond motifs is 1. The number of nitrogens with zero attached hydrogens (tertiary/aromatic N) is 1. The van der Waals surface area contributed by atoms with Crippen molar-refractivity contribution in [2.75, 3.05) is 13.1 Å². The molecular formula is C20H30N2O. The van der Waals surface area contributed by atoms with Gasteiger partial charge in [-0.25, -0.2) is 0 Å². The molecular weight excluding hydrogens is 284 g/mol. The van der Waals surface area contributed by atoms with E-state index in [1.807, 2.05) is 0 Å². The summed E-state index contributed by atoms with van der Waals surface area (Å²) in [5, 5.41) is 3.74. The smallest absolute Gasteiger partial charge is 0.122 e. The van der Waals surface area contributed by atoms with Crippen molar-refractivity contribution in [3.05, 3.63) is 29.8 Å². The maximum absolute atomic E-state index is 6.54. The molecule has 3 fully saturated rings. The van der Waals surface area contributed by atoms with Crippen molar-refractivity contribution in [3.63, 3.8) is 0 Å². The first kappa shape index (κ1) is 15.5. The number of piperazine rings is 1. The van der Waals surface area contributed by atoms with Crippen LogP contribution in [0.1, 0.15) is 50.5 Å². The van der Waals surface area contributed by atoms with Crippen molar-refractivity contribution in [3.8, 4) is 5.75 Å². The van der Waals surface area contributed by atoms with Gasteiger partial charge < -0.3 is 10.1 Å². The second kappa shape index (κ2) is 6.82. The molecule has 1 N–H and O–H groups in total. The molecule has 1 saturated heterocycles. The quantitative estimate of drug-likeness (QED) is 0.924. The number of hydrogen-bond donors (Lipinski definition) is 1. The van der Waals surface area contributed by atoms with E-state index < -0.39 is 0 Å². The van der Waals surface area contributed by atoms with Crippen LogP contribution in [0.3, 0.4) is 0 Å². The van der Waals surface area contributed by atoms with E-state index in [0.29, 0.717) is 12.1 Å². The van der Waals surface area contributed by atoms with E-state index in [9.17, 15) is 0 Å². The molecule has 0 unspecified atom stereocenters. The zero-order chi connectivity index (χ0) is 15.6. The topological polar surface area (TPSA) is 24.5 Å². The van der Waals surface area contributed by atoms with Crippen LogP contribution >= 0.6 is 0 Å². The number of hydrogen-bond acceptors (Lipinski definition) is 3. The molecule has 2 saturated carbocycles. The van der Waals surface area contributed by atoms with Crippen LogP contribution in [0.15, 0.2) is 24.3 Å². The van der Waals surface area contributed by atoms with Gasteiger partial charge in [0.05, 0.1) is 0 Å². The van der Waals surface area contributed by atoms with Gasteiger partial charge in [0.1, 0.15) is 11.9 Å². The Kier molecular flexibility index (Phi) is 4.59. The van der Waals surface area contributed by atoms with Gasteiger partial charge in [-0.3, -0.25) is 4.90 Å². The lowest BCUT2D eigenvalue weighted by Crippen LogP contribution is -2.62. The van der Waals surface area contributed by atoms with Gasteiger partial charge in [-0.1, -0.05) is 31.0 Å². The van der Waals surface area contributed by atoms with E-state index >= 15 is 0 Å². The van der Waals surface area contributed by atoms with E-state index in [1.54, 1.807) is 0 Å². The summed E-state index contributed by atoms with van der Waals surface area (Å²) in [5.74, 6) is 1.09. The molecule has 1 aromatic carbocycles. The summed E-state index contributed by atoms with van der Waals surface area (Å²) in [6, 6.07) is 10.6. The predicted octanol–water partition coefficient (Wildman–Crippen LogP) is 3.51. The molecule has 4 atom stereocenters. The van der Waals surface area contributed by atoms with E-state index in [2.05, 4.69) is 41.4 Å². The summed E-state index contributed by atoms with van der Waals surface area (Å²) in [7, 11) is 0. The minimum Gasteiger partial charge on any atom is -0.489 e. The number of para-hydroxylation sites is 1. The number of ether oxygens (including phenoxy) is 1. The normalized spacial score (nSPS) is 35.0. The first-order chi connectivity index (χ1) is 11.3. The Balaban J connectivity index is 1.52. The minimum absolute atomic E-state index is 0.365. The molecule has 3 nitrogen and oxygen atoms in total. The average Bonchev–Trinajstić information content (AvgIpc) is 3.06. The van der Waals surface area contributed by atoms with Crippen LogP contribution in [-0.2, 0) is 0 Å². The van der Waals surface area contributed by atoms with Crippen molar-refractivity contribution in [2.45, 2.75) is 76.1 Å². The minimum atomic E-state index is 0.365. The van der Waals surface area contributed by atoms with Crippen molar-refractivity contribution in [2.24, 2.45) is 0 Å². The van der Waals surface area contributed by atoms with Crippen LogP contribution in [0.5, 0.6) is 5.75 Å². The van der Waals surface area contributed by atoms with Crippen LogP contribution < -0.4 is 10.1 Å². The lowest BCUT2D eigenvalue weighted by Gasteiger charge is -2.47. The van der Waals surface area contributed by atoms with E-state index in [0.717, 1.165) is 24.4 Å². The van der Waals surface area contributed by atoms with E-state index in [4.69, 9.17) is 4.74 Å². The van der Waals surface area contributed by atoms with Crippen molar-refractivity contribution >= 4 is 0 Å². The van der Waals surface area contributed by atoms with Gasteiger partial charge in [0.15, 0.2) is 0 Å². The number of nitrogens with one attached hydrogen (secondary N) is 1.